The molecule has 0 saturated carbocycles. The summed E-state index contributed by atoms with van der Waals surface area (Å²) in [4.78, 5) is 15.0. The molecule has 0 atom stereocenters. The Kier molecular flexibility index (Phi) is 8.07. The van der Waals surface area contributed by atoms with Crippen molar-refractivity contribution in [1.29, 1.82) is 0 Å². The minimum atomic E-state index is 0.615. The molecule has 0 unspecified atom stereocenters. The molecule has 58 heavy (non-hydrogen) atoms. The Balaban J connectivity index is 1.04. The average molecular weight is 743 g/mol. The number of benzene rings is 8. The van der Waals surface area contributed by atoms with Gasteiger partial charge in [0.25, 0.3) is 0 Å². The third-order valence-electron chi connectivity index (χ3n) is 10.9. The Morgan fingerprint density at radius 1 is 0.328 bits per heavy atom. The number of nitrogens with zero attached hydrogens (tertiary/aromatic N) is 4. The van der Waals surface area contributed by atoms with Crippen LogP contribution in [0.2, 0.25) is 0 Å². The van der Waals surface area contributed by atoms with Crippen molar-refractivity contribution in [2.75, 3.05) is 0 Å². The Morgan fingerprint density at radius 3 is 1.38 bits per heavy atom. The minimum Gasteiger partial charge on any atom is -0.455 e. The molecule has 0 radical (unpaired) electrons. The fourth-order valence-electron chi connectivity index (χ4n) is 8.12. The van der Waals surface area contributed by atoms with Gasteiger partial charge in [-0.05, 0) is 59.2 Å². The molecular formula is C53H34N4O. The number of rotatable bonds is 7. The molecule has 5 nitrogen and oxygen atoms in total. The lowest BCUT2D eigenvalue weighted by molar-refractivity contribution is 0.636. The van der Waals surface area contributed by atoms with Crippen LogP contribution < -0.4 is 0 Å². The van der Waals surface area contributed by atoms with Crippen molar-refractivity contribution in [3.05, 3.63) is 206 Å². The molecule has 0 saturated heterocycles. The van der Waals surface area contributed by atoms with Crippen LogP contribution in [0.4, 0.5) is 0 Å². The highest BCUT2D eigenvalue weighted by Crippen LogP contribution is 2.46. The smallest absolute Gasteiger partial charge is 0.164 e. The van der Waals surface area contributed by atoms with E-state index in [9.17, 15) is 0 Å². The van der Waals surface area contributed by atoms with E-state index in [2.05, 4.69) is 168 Å². The number of furan rings is 1. The maximum absolute atomic E-state index is 6.98. The predicted octanol–water partition coefficient (Wildman–Crippen LogP) is 13.7. The molecule has 0 aliphatic rings. The zero-order chi connectivity index (χ0) is 38.4. The van der Waals surface area contributed by atoms with Gasteiger partial charge in [0, 0.05) is 44.3 Å². The third-order valence-corrected chi connectivity index (χ3v) is 10.9. The monoisotopic (exact) mass is 742 g/mol. The number of para-hydroxylation sites is 1. The summed E-state index contributed by atoms with van der Waals surface area (Å²) in [6, 6.07) is 71.4. The normalized spacial score (nSPS) is 11.4. The van der Waals surface area contributed by atoms with Crippen molar-refractivity contribution in [1.82, 2.24) is 19.5 Å². The summed E-state index contributed by atoms with van der Waals surface area (Å²) in [5.41, 5.74) is 12.4. The van der Waals surface area contributed by atoms with E-state index in [1.807, 2.05) is 42.5 Å². The first-order valence-electron chi connectivity index (χ1n) is 19.4. The topological polar surface area (TPSA) is 56.7 Å². The van der Waals surface area contributed by atoms with Crippen LogP contribution in [-0.4, -0.2) is 19.5 Å². The molecule has 0 aliphatic carbocycles. The summed E-state index contributed by atoms with van der Waals surface area (Å²) in [6.07, 6.45) is 0. The van der Waals surface area contributed by atoms with Gasteiger partial charge in [0.1, 0.15) is 11.3 Å². The van der Waals surface area contributed by atoms with Crippen LogP contribution in [0, 0.1) is 0 Å². The van der Waals surface area contributed by atoms with Crippen molar-refractivity contribution in [3.8, 4) is 73.4 Å². The number of fused-ring (bicyclic) bond motifs is 5. The van der Waals surface area contributed by atoms with E-state index in [1.165, 1.54) is 5.56 Å². The second-order valence-corrected chi connectivity index (χ2v) is 14.4. The molecule has 3 heterocycles. The molecule has 272 valence electrons. The van der Waals surface area contributed by atoms with E-state index in [0.29, 0.717) is 17.5 Å². The highest BCUT2D eigenvalue weighted by molar-refractivity contribution is 6.22. The van der Waals surface area contributed by atoms with Gasteiger partial charge in [-0.15, -0.1) is 0 Å². The second kappa shape index (κ2) is 14.0. The lowest BCUT2D eigenvalue weighted by Crippen LogP contribution is -2.00. The first-order valence-corrected chi connectivity index (χ1v) is 19.4. The molecule has 11 aromatic rings. The standard InChI is InChI=1S/C53H34N4O/c1-5-15-35(16-6-1)36-25-27-40(28-26-36)52-54-51(39-21-11-4-12-22-39)55-53(56-52)41-29-31-42(32-30-41)57-45-24-14-13-23-43(45)48-46(57)34-33-44-47(37-17-7-2-8-18-37)49(58-50(44)48)38-19-9-3-10-20-38/h1-34H. The van der Waals surface area contributed by atoms with E-state index < -0.39 is 0 Å². The van der Waals surface area contributed by atoms with Gasteiger partial charge in [-0.2, -0.15) is 0 Å². The third kappa shape index (κ3) is 5.76. The summed E-state index contributed by atoms with van der Waals surface area (Å²) < 4.78 is 9.30. The first kappa shape index (κ1) is 33.4. The van der Waals surface area contributed by atoms with E-state index >= 15 is 0 Å². The summed E-state index contributed by atoms with van der Waals surface area (Å²) in [7, 11) is 0. The average Bonchev–Trinajstić information content (AvgIpc) is 3.87. The van der Waals surface area contributed by atoms with E-state index in [0.717, 1.165) is 83.2 Å². The SMILES string of the molecule is c1ccc(-c2ccc(-c3nc(-c4ccccc4)nc(-c4ccc(-n5c6ccccc6c6c7oc(-c8ccccc8)c(-c8ccccc8)c7ccc65)cc4)n3)cc2)cc1. The van der Waals surface area contributed by atoms with Gasteiger partial charge < -0.3 is 8.98 Å². The second-order valence-electron chi connectivity index (χ2n) is 14.4. The van der Waals surface area contributed by atoms with Crippen LogP contribution in [0.1, 0.15) is 0 Å². The lowest BCUT2D eigenvalue weighted by atomic mass is 9.98. The van der Waals surface area contributed by atoms with Gasteiger partial charge in [-0.3, -0.25) is 0 Å². The molecule has 0 N–H and O–H groups in total. The zero-order valence-electron chi connectivity index (χ0n) is 31.3. The maximum atomic E-state index is 6.98. The van der Waals surface area contributed by atoms with E-state index in [1.54, 1.807) is 0 Å². The molecule has 0 fully saturated rings. The highest BCUT2D eigenvalue weighted by Gasteiger charge is 2.23. The molecule has 5 heteroatoms. The van der Waals surface area contributed by atoms with Crippen LogP contribution in [0.3, 0.4) is 0 Å². The molecule has 11 rings (SSSR count). The van der Waals surface area contributed by atoms with Gasteiger partial charge in [0.15, 0.2) is 17.5 Å². The minimum absolute atomic E-state index is 0.615. The fourth-order valence-corrected chi connectivity index (χ4v) is 8.12. The van der Waals surface area contributed by atoms with Gasteiger partial charge in [-0.1, -0.05) is 164 Å². The summed E-state index contributed by atoms with van der Waals surface area (Å²) in [5.74, 6) is 2.74. The van der Waals surface area contributed by atoms with Crippen LogP contribution in [0.15, 0.2) is 211 Å². The first-order chi connectivity index (χ1) is 28.8. The van der Waals surface area contributed by atoms with Crippen LogP contribution >= 0.6 is 0 Å². The highest BCUT2D eigenvalue weighted by atomic mass is 16.3. The number of aromatic nitrogens is 4. The molecular weight excluding hydrogens is 709 g/mol. The quantitative estimate of drug-likeness (QED) is 0.163. The summed E-state index contributed by atoms with van der Waals surface area (Å²) in [6.45, 7) is 0. The largest absolute Gasteiger partial charge is 0.455 e. The number of hydrogen-bond acceptors (Lipinski definition) is 4. The van der Waals surface area contributed by atoms with Crippen LogP contribution in [0.5, 0.6) is 0 Å². The van der Waals surface area contributed by atoms with Crippen molar-refractivity contribution in [2.24, 2.45) is 0 Å². The fraction of sp³-hybridized carbons (Fsp3) is 0. The van der Waals surface area contributed by atoms with Crippen molar-refractivity contribution in [2.45, 2.75) is 0 Å². The Morgan fingerprint density at radius 2 is 0.776 bits per heavy atom. The molecule has 0 aliphatic heterocycles. The van der Waals surface area contributed by atoms with Gasteiger partial charge in [0.2, 0.25) is 0 Å². The molecule has 8 aromatic carbocycles. The van der Waals surface area contributed by atoms with Gasteiger partial charge >= 0.3 is 0 Å². The number of hydrogen-bond donors (Lipinski definition) is 0. The Hall–Kier alpha value is -7.89. The maximum Gasteiger partial charge on any atom is 0.164 e. The predicted molar refractivity (Wildman–Crippen MR) is 237 cm³/mol. The molecule has 0 spiro atoms. The zero-order valence-corrected chi connectivity index (χ0v) is 31.3. The van der Waals surface area contributed by atoms with Crippen LogP contribution in [-0.2, 0) is 0 Å². The Bertz CT molecular complexity index is 3230. The summed E-state index contributed by atoms with van der Waals surface area (Å²) >= 11 is 0. The van der Waals surface area contributed by atoms with Gasteiger partial charge in [-0.25, -0.2) is 15.0 Å². The van der Waals surface area contributed by atoms with Gasteiger partial charge in [0.05, 0.1) is 16.4 Å². The lowest BCUT2D eigenvalue weighted by Gasteiger charge is -2.11. The Labute approximate surface area is 335 Å². The summed E-state index contributed by atoms with van der Waals surface area (Å²) in [5, 5.41) is 3.31. The van der Waals surface area contributed by atoms with Crippen molar-refractivity contribution >= 4 is 32.8 Å². The molecule has 3 aromatic heterocycles. The van der Waals surface area contributed by atoms with Crippen molar-refractivity contribution in [3.63, 3.8) is 0 Å². The van der Waals surface area contributed by atoms with E-state index in [4.69, 9.17) is 19.4 Å². The van der Waals surface area contributed by atoms with E-state index in [-0.39, 0.29) is 0 Å². The van der Waals surface area contributed by atoms with Crippen molar-refractivity contribution < 1.29 is 4.42 Å². The van der Waals surface area contributed by atoms with Crippen LogP contribution in [0.25, 0.3) is 106 Å². The molecule has 0 amide bonds. The molecule has 0 bridgehead atoms.